The summed E-state index contributed by atoms with van der Waals surface area (Å²) in [6.07, 6.45) is 0.681. The number of methoxy groups -OCH3 is 2. The molecule has 150 valence electrons. The van der Waals surface area contributed by atoms with Gasteiger partial charge in [0, 0.05) is 32.4 Å². The van der Waals surface area contributed by atoms with Crippen LogP contribution in [0.25, 0.3) is 0 Å². The normalized spacial score (nSPS) is 10.2. The molecule has 0 radical (unpaired) electrons. The van der Waals surface area contributed by atoms with Crippen LogP contribution >= 0.6 is 0 Å². The van der Waals surface area contributed by atoms with E-state index in [-0.39, 0.29) is 6.03 Å². The van der Waals surface area contributed by atoms with Gasteiger partial charge in [0.25, 0.3) is 5.91 Å². The van der Waals surface area contributed by atoms with Crippen LogP contribution in [0.2, 0.25) is 0 Å². The Hall–Kier alpha value is -3.10. The number of hydrogen-bond donors (Lipinski definition) is 3. The van der Waals surface area contributed by atoms with Gasteiger partial charge in [-0.1, -0.05) is 24.3 Å². The molecule has 2 aromatic rings. The molecule has 0 spiro atoms. The predicted octanol–water partition coefficient (Wildman–Crippen LogP) is 2.88. The zero-order chi connectivity index (χ0) is 20.4. The lowest BCUT2D eigenvalue weighted by Crippen LogP contribution is -2.35. The van der Waals surface area contributed by atoms with Gasteiger partial charge in [-0.2, -0.15) is 0 Å². The number of benzene rings is 2. The topological polar surface area (TPSA) is 100 Å². The van der Waals surface area contributed by atoms with Crippen LogP contribution in [0.5, 0.6) is 5.75 Å². The molecule has 0 atom stereocenters. The molecule has 0 aliphatic heterocycles. The minimum absolute atomic E-state index is 0.266. The van der Waals surface area contributed by atoms with Gasteiger partial charge in [0.15, 0.2) is 0 Å². The van der Waals surface area contributed by atoms with Crippen LogP contribution in [0.15, 0.2) is 48.5 Å². The summed E-state index contributed by atoms with van der Waals surface area (Å²) in [4.78, 5) is 25.9. The molecule has 0 aromatic heterocycles. The molecule has 0 aliphatic rings. The number of hydroxylamine groups is 1. The van der Waals surface area contributed by atoms with Crippen molar-refractivity contribution in [2.45, 2.75) is 13.0 Å². The Labute approximate surface area is 164 Å². The number of nitrogens with one attached hydrogen (secondary N) is 2. The van der Waals surface area contributed by atoms with E-state index in [0.717, 1.165) is 5.56 Å². The second-order valence-corrected chi connectivity index (χ2v) is 6.04. The van der Waals surface area contributed by atoms with Gasteiger partial charge in [0.1, 0.15) is 5.75 Å². The Balaban J connectivity index is 2.11. The highest BCUT2D eigenvalue weighted by molar-refractivity contribution is 5.93. The van der Waals surface area contributed by atoms with E-state index in [2.05, 4.69) is 5.32 Å². The predicted molar refractivity (Wildman–Crippen MR) is 105 cm³/mol. The Morgan fingerprint density at radius 3 is 2.43 bits per heavy atom. The minimum atomic E-state index is -0.586. The average molecular weight is 387 g/mol. The van der Waals surface area contributed by atoms with E-state index >= 15 is 0 Å². The third kappa shape index (κ3) is 5.97. The molecule has 0 saturated carbocycles. The summed E-state index contributed by atoms with van der Waals surface area (Å²) >= 11 is 0. The molecular weight excluding hydrogens is 362 g/mol. The van der Waals surface area contributed by atoms with Crippen LogP contribution in [0.1, 0.15) is 22.3 Å². The lowest BCUT2D eigenvalue weighted by Gasteiger charge is -2.24. The van der Waals surface area contributed by atoms with E-state index in [1.54, 1.807) is 61.0 Å². The van der Waals surface area contributed by atoms with Gasteiger partial charge in [0.05, 0.1) is 12.8 Å². The van der Waals surface area contributed by atoms with Crippen molar-refractivity contribution in [1.29, 1.82) is 0 Å². The van der Waals surface area contributed by atoms with E-state index in [1.807, 2.05) is 12.1 Å². The summed E-state index contributed by atoms with van der Waals surface area (Å²) in [5.74, 6) is -0.00974. The van der Waals surface area contributed by atoms with Crippen molar-refractivity contribution in [1.82, 2.24) is 10.4 Å². The highest BCUT2D eigenvalue weighted by Crippen LogP contribution is 2.23. The number of urea groups is 1. The zero-order valence-electron chi connectivity index (χ0n) is 16.0. The molecule has 0 heterocycles. The fourth-order valence-corrected chi connectivity index (χ4v) is 2.64. The van der Waals surface area contributed by atoms with Crippen LogP contribution in [-0.4, -0.2) is 49.4 Å². The first-order valence-corrected chi connectivity index (χ1v) is 8.80. The maximum absolute atomic E-state index is 12.8. The summed E-state index contributed by atoms with van der Waals surface area (Å²) in [5.41, 5.74) is 3.36. The second kappa shape index (κ2) is 10.9. The molecule has 8 heteroatoms. The summed E-state index contributed by atoms with van der Waals surface area (Å²) in [7, 11) is 3.16. The van der Waals surface area contributed by atoms with Gasteiger partial charge in [0.2, 0.25) is 0 Å². The first-order chi connectivity index (χ1) is 13.6. The summed E-state index contributed by atoms with van der Waals surface area (Å²) in [6, 6.07) is 13.6. The summed E-state index contributed by atoms with van der Waals surface area (Å²) < 4.78 is 10.4. The molecule has 3 N–H and O–H groups in total. The van der Waals surface area contributed by atoms with E-state index in [4.69, 9.17) is 14.7 Å². The largest absolute Gasteiger partial charge is 0.495 e. The number of rotatable bonds is 9. The molecule has 0 saturated heterocycles. The monoisotopic (exact) mass is 387 g/mol. The SMILES string of the molecule is COCCCN(Cc1ccc(C(=O)NO)cc1)C(=O)Nc1ccccc1OC. The minimum Gasteiger partial charge on any atom is -0.495 e. The van der Waals surface area contributed by atoms with Crippen LogP contribution in [-0.2, 0) is 11.3 Å². The fourth-order valence-electron chi connectivity index (χ4n) is 2.64. The first-order valence-electron chi connectivity index (χ1n) is 8.80. The van der Waals surface area contributed by atoms with Crippen molar-refractivity contribution >= 4 is 17.6 Å². The van der Waals surface area contributed by atoms with E-state index in [1.165, 1.54) is 0 Å². The molecule has 8 nitrogen and oxygen atoms in total. The molecule has 0 unspecified atom stereocenters. The van der Waals surface area contributed by atoms with Crippen LogP contribution < -0.4 is 15.5 Å². The fraction of sp³-hybridized carbons (Fsp3) is 0.300. The number of nitrogens with zero attached hydrogens (tertiary/aromatic N) is 1. The van der Waals surface area contributed by atoms with Gasteiger partial charge in [-0.05, 0) is 36.2 Å². The van der Waals surface area contributed by atoms with Gasteiger partial charge in [-0.3, -0.25) is 10.0 Å². The molecule has 28 heavy (non-hydrogen) atoms. The van der Waals surface area contributed by atoms with Gasteiger partial charge in [-0.25, -0.2) is 10.3 Å². The molecule has 0 aliphatic carbocycles. The number of carbonyl (C=O) groups excluding carboxylic acids is 2. The van der Waals surface area contributed by atoms with E-state index in [9.17, 15) is 9.59 Å². The van der Waals surface area contributed by atoms with Crippen molar-refractivity contribution in [3.63, 3.8) is 0 Å². The lowest BCUT2D eigenvalue weighted by atomic mass is 10.1. The van der Waals surface area contributed by atoms with E-state index in [0.29, 0.717) is 43.1 Å². The van der Waals surface area contributed by atoms with E-state index < -0.39 is 5.91 Å². The Bertz CT molecular complexity index is 780. The van der Waals surface area contributed by atoms with Crippen LogP contribution in [0, 0.1) is 0 Å². The third-order valence-corrected chi connectivity index (χ3v) is 4.10. The molecule has 2 rings (SSSR count). The number of hydrogen-bond acceptors (Lipinski definition) is 5. The second-order valence-electron chi connectivity index (χ2n) is 6.04. The Kier molecular flexibility index (Phi) is 8.26. The first kappa shape index (κ1) is 21.2. The summed E-state index contributed by atoms with van der Waals surface area (Å²) in [6.45, 7) is 1.38. The Morgan fingerprint density at radius 1 is 1.07 bits per heavy atom. The lowest BCUT2D eigenvalue weighted by molar-refractivity contribution is 0.0706. The van der Waals surface area contributed by atoms with Gasteiger partial charge >= 0.3 is 6.03 Å². The standard InChI is InChI=1S/C20H25N3O5/c1-27-13-5-12-23(14-15-8-10-16(11-9-15)19(24)22-26)20(25)21-17-6-3-4-7-18(17)28-2/h3-4,6-11,26H,5,12-14H2,1-2H3,(H,21,25)(H,22,24). The smallest absolute Gasteiger partial charge is 0.322 e. The molecule has 0 fully saturated rings. The van der Waals surface area contributed by atoms with Crippen molar-refractivity contribution in [3.8, 4) is 5.75 Å². The highest BCUT2D eigenvalue weighted by atomic mass is 16.5. The maximum atomic E-state index is 12.8. The molecule has 2 aromatic carbocycles. The molecule has 3 amide bonds. The van der Waals surface area contributed by atoms with Crippen molar-refractivity contribution < 1.29 is 24.3 Å². The van der Waals surface area contributed by atoms with Crippen molar-refractivity contribution in [2.75, 3.05) is 32.7 Å². The van der Waals surface area contributed by atoms with Crippen molar-refractivity contribution in [2.24, 2.45) is 0 Å². The third-order valence-electron chi connectivity index (χ3n) is 4.10. The zero-order valence-corrected chi connectivity index (χ0v) is 16.0. The number of ether oxygens (including phenoxy) is 2. The number of para-hydroxylation sites is 2. The van der Waals surface area contributed by atoms with Gasteiger partial charge in [-0.15, -0.1) is 0 Å². The number of amides is 3. The van der Waals surface area contributed by atoms with Crippen LogP contribution in [0.3, 0.4) is 0 Å². The van der Waals surface area contributed by atoms with Crippen LogP contribution in [0.4, 0.5) is 10.5 Å². The van der Waals surface area contributed by atoms with Crippen molar-refractivity contribution in [3.05, 3.63) is 59.7 Å². The molecular formula is C20H25N3O5. The summed E-state index contributed by atoms with van der Waals surface area (Å²) in [5, 5.41) is 11.6. The quantitative estimate of drug-likeness (QED) is 0.349. The number of anilines is 1. The number of carbonyl (C=O) groups is 2. The Morgan fingerprint density at radius 2 is 1.79 bits per heavy atom. The van der Waals surface area contributed by atoms with Gasteiger partial charge < -0.3 is 19.7 Å². The maximum Gasteiger partial charge on any atom is 0.322 e. The highest BCUT2D eigenvalue weighted by Gasteiger charge is 2.16. The average Bonchev–Trinajstić information content (AvgIpc) is 2.73. The molecule has 0 bridgehead atoms.